The number of benzene rings is 2. The van der Waals surface area contributed by atoms with Gasteiger partial charge < -0.3 is 9.84 Å². The fourth-order valence-electron chi connectivity index (χ4n) is 1.98. The van der Waals surface area contributed by atoms with Crippen LogP contribution in [-0.2, 0) is 0 Å². The van der Waals surface area contributed by atoms with E-state index in [1.54, 1.807) is 6.07 Å². The molecule has 0 amide bonds. The van der Waals surface area contributed by atoms with Crippen LogP contribution in [0.1, 0.15) is 24.5 Å². The topological polar surface area (TPSA) is 29.5 Å². The van der Waals surface area contributed by atoms with E-state index >= 15 is 0 Å². The molecule has 1 N–H and O–H groups in total. The molecule has 0 spiro atoms. The Morgan fingerprint density at radius 2 is 1.95 bits per heavy atom. The number of hydrogen-bond donors (Lipinski definition) is 1. The summed E-state index contributed by atoms with van der Waals surface area (Å²) in [5.41, 5.74) is 0.849. The van der Waals surface area contributed by atoms with Gasteiger partial charge in [-0.3, -0.25) is 0 Å². The fraction of sp³-hybridized carbons (Fsp3) is 0.294. The molecule has 1 atom stereocenters. The normalized spacial score (nSPS) is 15.7. The SMILES string of the molecule is OC(CSc1cccc(F)c1)c1ccc(OC2CC2)cc1. The van der Waals surface area contributed by atoms with E-state index in [4.69, 9.17) is 4.74 Å². The molecule has 2 aromatic carbocycles. The van der Waals surface area contributed by atoms with Crippen molar-refractivity contribution in [2.75, 3.05) is 5.75 Å². The lowest BCUT2D eigenvalue weighted by Gasteiger charge is -2.12. The van der Waals surface area contributed by atoms with E-state index in [-0.39, 0.29) is 5.82 Å². The van der Waals surface area contributed by atoms with Crippen LogP contribution in [0.4, 0.5) is 4.39 Å². The minimum absolute atomic E-state index is 0.254. The van der Waals surface area contributed by atoms with Crippen LogP contribution >= 0.6 is 11.8 Å². The number of hydrogen-bond acceptors (Lipinski definition) is 3. The molecule has 110 valence electrons. The van der Waals surface area contributed by atoms with Crippen molar-refractivity contribution in [3.05, 3.63) is 59.9 Å². The lowest BCUT2D eigenvalue weighted by molar-refractivity contribution is 0.204. The van der Waals surface area contributed by atoms with Crippen molar-refractivity contribution in [3.8, 4) is 5.75 Å². The Morgan fingerprint density at radius 1 is 1.19 bits per heavy atom. The first-order valence-electron chi connectivity index (χ1n) is 7.04. The minimum Gasteiger partial charge on any atom is -0.490 e. The van der Waals surface area contributed by atoms with Gasteiger partial charge in [0.25, 0.3) is 0 Å². The molecular weight excluding hydrogens is 287 g/mol. The second-order valence-electron chi connectivity index (χ2n) is 5.17. The van der Waals surface area contributed by atoms with Crippen molar-refractivity contribution in [3.63, 3.8) is 0 Å². The van der Waals surface area contributed by atoms with Gasteiger partial charge in [-0.2, -0.15) is 0 Å². The number of halogens is 1. The molecule has 2 aromatic rings. The van der Waals surface area contributed by atoms with Crippen molar-refractivity contribution in [1.29, 1.82) is 0 Å². The third kappa shape index (κ3) is 4.22. The summed E-state index contributed by atoms with van der Waals surface area (Å²) in [4.78, 5) is 0.822. The zero-order valence-corrected chi connectivity index (χ0v) is 12.4. The maximum atomic E-state index is 13.1. The summed E-state index contributed by atoms with van der Waals surface area (Å²) in [5.74, 6) is 1.09. The third-order valence-electron chi connectivity index (χ3n) is 3.30. The van der Waals surface area contributed by atoms with Crippen LogP contribution in [0.5, 0.6) is 5.75 Å². The van der Waals surface area contributed by atoms with Gasteiger partial charge in [0.1, 0.15) is 11.6 Å². The van der Waals surface area contributed by atoms with E-state index in [9.17, 15) is 9.50 Å². The Kier molecular flexibility index (Phi) is 4.46. The Balaban J connectivity index is 1.55. The standard InChI is InChI=1S/C17H17FO2S/c18-13-2-1-3-16(10-13)21-11-17(19)12-4-6-14(7-5-12)20-15-8-9-15/h1-7,10,15,17,19H,8-9,11H2. The lowest BCUT2D eigenvalue weighted by Crippen LogP contribution is -2.01. The molecule has 1 aliphatic carbocycles. The van der Waals surface area contributed by atoms with Crippen LogP contribution in [0, 0.1) is 5.82 Å². The van der Waals surface area contributed by atoms with Gasteiger partial charge in [-0.25, -0.2) is 4.39 Å². The van der Waals surface area contributed by atoms with Gasteiger partial charge in [-0.1, -0.05) is 18.2 Å². The molecule has 4 heteroatoms. The molecule has 0 heterocycles. The molecule has 0 bridgehead atoms. The van der Waals surface area contributed by atoms with Crippen molar-refractivity contribution in [2.45, 2.75) is 29.9 Å². The van der Waals surface area contributed by atoms with Crippen molar-refractivity contribution < 1.29 is 14.2 Å². The van der Waals surface area contributed by atoms with Crippen LogP contribution in [0.25, 0.3) is 0 Å². The summed E-state index contributed by atoms with van der Waals surface area (Å²) in [7, 11) is 0. The van der Waals surface area contributed by atoms with Crippen LogP contribution in [-0.4, -0.2) is 17.0 Å². The van der Waals surface area contributed by atoms with Crippen molar-refractivity contribution >= 4 is 11.8 Å². The average molecular weight is 304 g/mol. The molecule has 21 heavy (non-hydrogen) atoms. The summed E-state index contributed by atoms with van der Waals surface area (Å²) in [6.07, 6.45) is 2.07. The number of rotatable bonds is 6. The van der Waals surface area contributed by atoms with Gasteiger partial charge in [0.05, 0.1) is 12.2 Å². The minimum atomic E-state index is -0.576. The van der Waals surface area contributed by atoms with E-state index in [0.717, 1.165) is 29.1 Å². The molecule has 1 unspecified atom stereocenters. The number of aliphatic hydroxyl groups excluding tert-OH is 1. The van der Waals surface area contributed by atoms with Crippen molar-refractivity contribution in [2.24, 2.45) is 0 Å². The summed E-state index contributed by atoms with van der Waals surface area (Å²) in [6, 6.07) is 14.0. The summed E-state index contributed by atoms with van der Waals surface area (Å²) < 4.78 is 18.8. The molecular formula is C17H17FO2S. The van der Waals surface area contributed by atoms with Crippen molar-refractivity contribution in [1.82, 2.24) is 0 Å². The predicted octanol–water partition coefficient (Wildman–Crippen LogP) is 4.19. The van der Waals surface area contributed by atoms with Gasteiger partial charge in [-0.05, 0) is 48.7 Å². The van der Waals surface area contributed by atoms with Crippen LogP contribution in [0.15, 0.2) is 53.4 Å². The molecule has 0 aromatic heterocycles. The van der Waals surface area contributed by atoms with Gasteiger partial charge in [0.2, 0.25) is 0 Å². The predicted molar refractivity (Wildman–Crippen MR) is 82.2 cm³/mol. The summed E-state index contributed by atoms with van der Waals surface area (Å²) in [5, 5.41) is 10.2. The van der Waals surface area contributed by atoms with Gasteiger partial charge in [-0.15, -0.1) is 11.8 Å². The maximum absolute atomic E-state index is 13.1. The molecule has 3 rings (SSSR count). The molecule has 0 saturated heterocycles. The third-order valence-corrected chi connectivity index (χ3v) is 4.37. The molecule has 1 fully saturated rings. The highest BCUT2D eigenvalue weighted by Crippen LogP contribution is 2.29. The number of thioether (sulfide) groups is 1. The smallest absolute Gasteiger partial charge is 0.124 e. The van der Waals surface area contributed by atoms with E-state index < -0.39 is 6.10 Å². The van der Waals surface area contributed by atoms with Crippen LogP contribution in [0.2, 0.25) is 0 Å². The zero-order valence-electron chi connectivity index (χ0n) is 11.5. The highest BCUT2D eigenvalue weighted by molar-refractivity contribution is 7.99. The Morgan fingerprint density at radius 3 is 2.62 bits per heavy atom. The molecule has 0 radical (unpaired) electrons. The molecule has 0 aliphatic heterocycles. The Bertz CT molecular complexity index is 596. The second kappa shape index (κ2) is 6.50. The first kappa shape index (κ1) is 14.4. The lowest BCUT2D eigenvalue weighted by atomic mass is 10.1. The second-order valence-corrected chi connectivity index (χ2v) is 6.26. The Hall–Kier alpha value is -1.52. The van der Waals surface area contributed by atoms with Crippen LogP contribution < -0.4 is 4.74 Å². The summed E-state index contributed by atoms with van der Waals surface area (Å²) in [6.45, 7) is 0. The highest BCUT2D eigenvalue weighted by Gasteiger charge is 2.23. The maximum Gasteiger partial charge on any atom is 0.124 e. The average Bonchev–Trinajstić information content (AvgIpc) is 3.30. The van der Waals surface area contributed by atoms with E-state index in [2.05, 4.69) is 0 Å². The number of ether oxygens (including phenoxy) is 1. The largest absolute Gasteiger partial charge is 0.490 e. The van der Waals surface area contributed by atoms with E-state index in [1.165, 1.54) is 23.9 Å². The molecule has 2 nitrogen and oxygen atoms in total. The molecule has 1 aliphatic rings. The highest BCUT2D eigenvalue weighted by atomic mass is 32.2. The van der Waals surface area contributed by atoms with E-state index in [0.29, 0.717) is 11.9 Å². The monoisotopic (exact) mass is 304 g/mol. The van der Waals surface area contributed by atoms with E-state index in [1.807, 2.05) is 30.3 Å². The Labute approximate surface area is 128 Å². The fourth-order valence-corrected chi connectivity index (χ4v) is 2.89. The van der Waals surface area contributed by atoms with Crippen LogP contribution in [0.3, 0.4) is 0 Å². The molecule has 1 saturated carbocycles. The first-order valence-corrected chi connectivity index (χ1v) is 8.02. The number of aliphatic hydroxyl groups is 1. The van der Waals surface area contributed by atoms with Gasteiger partial charge >= 0.3 is 0 Å². The quantitative estimate of drug-likeness (QED) is 0.811. The van der Waals surface area contributed by atoms with Gasteiger partial charge in [0.15, 0.2) is 0 Å². The van der Waals surface area contributed by atoms with Gasteiger partial charge in [0, 0.05) is 10.6 Å². The summed E-state index contributed by atoms with van der Waals surface area (Å²) >= 11 is 1.44. The zero-order chi connectivity index (χ0) is 14.7. The first-order chi connectivity index (χ1) is 10.2.